The molecule has 0 amide bonds. The summed E-state index contributed by atoms with van der Waals surface area (Å²) in [5, 5.41) is 6.79. The second-order valence-corrected chi connectivity index (χ2v) is 7.25. The molecule has 0 aromatic carbocycles. The lowest BCUT2D eigenvalue weighted by Crippen LogP contribution is -2.40. The molecule has 0 atom stereocenters. The molecule has 1 saturated carbocycles. The number of rotatable bonds is 11. The zero-order chi connectivity index (χ0) is 17.8. The molecule has 0 aromatic heterocycles. The number of aliphatic imine (C=N–C) groups is 1. The van der Waals surface area contributed by atoms with Crippen LogP contribution in [0.1, 0.15) is 51.9 Å². The van der Waals surface area contributed by atoms with Gasteiger partial charge >= 0.3 is 0 Å². The highest BCUT2D eigenvalue weighted by molar-refractivity contribution is 14.0. The Labute approximate surface area is 176 Å². The number of hydrogen-bond acceptors (Lipinski definition) is 4. The van der Waals surface area contributed by atoms with E-state index in [2.05, 4.69) is 17.6 Å². The normalized spacial score (nSPS) is 20.2. The van der Waals surface area contributed by atoms with E-state index in [1.807, 2.05) is 0 Å². The minimum Gasteiger partial charge on any atom is -0.385 e. The van der Waals surface area contributed by atoms with E-state index in [0.717, 1.165) is 77.7 Å². The third kappa shape index (κ3) is 8.71. The number of halogens is 1. The fraction of sp³-hybridized carbons (Fsp3) is 0.947. The number of methoxy groups -OCH3 is 1. The maximum Gasteiger partial charge on any atom is 0.191 e. The van der Waals surface area contributed by atoms with Crippen LogP contribution in [0.2, 0.25) is 0 Å². The van der Waals surface area contributed by atoms with Gasteiger partial charge in [-0.3, -0.25) is 4.99 Å². The highest BCUT2D eigenvalue weighted by Gasteiger charge is 2.36. The lowest BCUT2D eigenvalue weighted by atomic mass is 9.67. The topological polar surface area (TPSA) is 64.1 Å². The Morgan fingerprint density at radius 1 is 1.19 bits per heavy atom. The Bertz CT molecular complexity index is 386. The first-order valence-corrected chi connectivity index (χ1v) is 9.98. The largest absolute Gasteiger partial charge is 0.385 e. The summed E-state index contributed by atoms with van der Waals surface area (Å²) >= 11 is 0. The monoisotopic (exact) mass is 483 g/mol. The van der Waals surface area contributed by atoms with Gasteiger partial charge < -0.3 is 24.8 Å². The van der Waals surface area contributed by atoms with Gasteiger partial charge in [0.2, 0.25) is 0 Å². The molecule has 7 heteroatoms. The molecule has 2 N–H and O–H groups in total. The first-order chi connectivity index (χ1) is 12.3. The van der Waals surface area contributed by atoms with Gasteiger partial charge in [0.05, 0.1) is 6.10 Å². The third-order valence-electron chi connectivity index (χ3n) is 5.30. The maximum atomic E-state index is 5.92. The standard InChI is InChI=1S/C19H37N3O3.HI/c1-3-20-18(22-16-19(8-4-9-19)10-15-23-2)21-11-5-12-25-17-6-13-24-14-7-17;/h17H,3-16H2,1-2H3,(H2,20,21,22);1H. The fourth-order valence-electron chi connectivity index (χ4n) is 3.44. The van der Waals surface area contributed by atoms with Crippen LogP contribution in [0, 0.1) is 5.41 Å². The molecular formula is C19H38IN3O3. The molecule has 2 aliphatic rings. The van der Waals surface area contributed by atoms with E-state index in [0.29, 0.717) is 11.5 Å². The van der Waals surface area contributed by atoms with Crippen molar-refractivity contribution in [2.45, 2.75) is 58.0 Å². The van der Waals surface area contributed by atoms with E-state index in [-0.39, 0.29) is 24.0 Å². The van der Waals surface area contributed by atoms with Gasteiger partial charge in [0.15, 0.2) is 5.96 Å². The molecule has 26 heavy (non-hydrogen) atoms. The maximum absolute atomic E-state index is 5.92. The van der Waals surface area contributed by atoms with Gasteiger partial charge in [-0.05, 0) is 50.9 Å². The summed E-state index contributed by atoms with van der Waals surface area (Å²) < 4.78 is 16.5. The van der Waals surface area contributed by atoms with Crippen molar-refractivity contribution in [3.05, 3.63) is 0 Å². The molecule has 2 fully saturated rings. The van der Waals surface area contributed by atoms with Crippen molar-refractivity contribution in [3.63, 3.8) is 0 Å². The van der Waals surface area contributed by atoms with Crippen LogP contribution >= 0.6 is 24.0 Å². The molecule has 0 radical (unpaired) electrons. The lowest BCUT2D eigenvalue weighted by molar-refractivity contribution is -0.0320. The predicted molar refractivity (Wildman–Crippen MR) is 117 cm³/mol. The van der Waals surface area contributed by atoms with Crippen molar-refractivity contribution in [1.29, 1.82) is 0 Å². The molecule has 0 aromatic rings. The summed E-state index contributed by atoms with van der Waals surface area (Å²) in [6, 6.07) is 0. The van der Waals surface area contributed by atoms with Crippen molar-refractivity contribution in [2.24, 2.45) is 10.4 Å². The predicted octanol–water partition coefficient (Wildman–Crippen LogP) is 2.95. The smallest absolute Gasteiger partial charge is 0.191 e. The van der Waals surface area contributed by atoms with Crippen LogP contribution in [0.25, 0.3) is 0 Å². The molecule has 0 spiro atoms. The Morgan fingerprint density at radius 2 is 1.96 bits per heavy atom. The molecule has 2 rings (SSSR count). The van der Waals surface area contributed by atoms with E-state index in [4.69, 9.17) is 19.2 Å². The van der Waals surface area contributed by atoms with Gasteiger partial charge in [-0.1, -0.05) is 6.42 Å². The van der Waals surface area contributed by atoms with Crippen molar-refractivity contribution < 1.29 is 14.2 Å². The van der Waals surface area contributed by atoms with E-state index < -0.39 is 0 Å². The van der Waals surface area contributed by atoms with E-state index >= 15 is 0 Å². The molecule has 1 aliphatic carbocycles. The first-order valence-electron chi connectivity index (χ1n) is 9.98. The molecule has 0 unspecified atom stereocenters. The molecule has 154 valence electrons. The van der Waals surface area contributed by atoms with Gasteiger partial charge in [0, 0.05) is 53.2 Å². The highest BCUT2D eigenvalue weighted by atomic mass is 127. The Morgan fingerprint density at radius 3 is 2.58 bits per heavy atom. The van der Waals surface area contributed by atoms with Gasteiger partial charge in [-0.25, -0.2) is 0 Å². The Kier molecular flexibility index (Phi) is 12.8. The number of guanidine groups is 1. The quantitative estimate of drug-likeness (QED) is 0.205. The second-order valence-electron chi connectivity index (χ2n) is 7.25. The summed E-state index contributed by atoms with van der Waals surface area (Å²) in [5.74, 6) is 0.928. The lowest BCUT2D eigenvalue weighted by Gasteiger charge is -2.40. The summed E-state index contributed by atoms with van der Waals surface area (Å²) in [4.78, 5) is 4.83. The first kappa shape index (κ1) is 23.9. The average Bonchev–Trinajstić information content (AvgIpc) is 2.61. The van der Waals surface area contributed by atoms with Crippen LogP contribution < -0.4 is 10.6 Å². The summed E-state index contributed by atoms with van der Waals surface area (Å²) in [5.41, 5.74) is 0.366. The molecule has 1 heterocycles. The van der Waals surface area contributed by atoms with Crippen LogP contribution in [-0.2, 0) is 14.2 Å². The molecule has 6 nitrogen and oxygen atoms in total. The Hall–Kier alpha value is -0.120. The molecule has 1 aliphatic heterocycles. The minimum atomic E-state index is 0. The number of nitrogens with zero attached hydrogens (tertiary/aromatic N) is 1. The summed E-state index contributed by atoms with van der Waals surface area (Å²) in [7, 11) is 1.78. The van der Waals surface area contributed by atoms with E-state index in [1.165, 1.54) is 19.3 Å². The molecule has 0 bridgehead atoms. The second kappa shape index (κ2) is 14.0. The average molecular weight is 483 g/mol. The number of hydrogen-bond donors (Lipinski definition) is 2. The van der Waals surface area contributed by atoms with E-state index in [1.54, 1.807) is 7.11 Å². The van der Waals surface area contributed by atoms with Crippen LogP contribution in [0.5, 0.6) is 0 Å². The van der Waals surface area contributed by atoms with Crippen molar-refractivity contribution in [1.82, 2.24) is 10.6 Å². The molecule has 1 saturated heterocycles. The van der Waals surface area contributed by atoms with Gasteiger partial charge in [0.1, 0.15) is 0 Å². The summed E-state index contributed by atoms with van der Waals surface area (Å²) in [6.45, 7) is 8.09. The minimum absolute atomic E-state index is 0. The van der Waals surface area contributed by atoms with Crippen molar-refractivity contribution >= 4 is 29.9 Å². The number of nitrogens with one attached hydrogen (secondary N) is 2. The highest BCUT2D eigenvalue weighted by Crippen LogP contribution is 2.44. The van der Waals surface area contributed by atoms with Crippen molar-refractivity contribution in [2.75, 3.05) is 53.2 Å². The van der Waals surface area contributed by atoms with Gasteiger partial charge in [-0.15, -0.1) is 24.0 Å². The van der Waals surface area contributed by atoms with Crippen LogP contribution in [-0.4, -0.2) is 65.2 Å². The number of ether oxygens (including phenoxy) is 3. The Balaban J connectivity index is 0.00000338. The molecular weight excluding hydrogens is 445 g/mol. The summed E-state index contributed by atoms with van der Waals surface area (Å²) in [6.07, 6.45) is 8.43. The van der Waals surface area contributed by atoms with E-state index in [9.17, 15) is 0 Å². The zero-order valence-electron chi connectivity index (χ0n) is 16.6. The zero-order valence-corrected chi connectivity index (χ0v) is 18.9. The SMILES string of the molecule is CCNC(=NCC1(CCOC)CCC1)NCCCOC1CCOCC1.I. The van der Waals surface area contributed by atoms with Gasteiger partial charge in [-0.2, -0.15) is 0 Å². The van der Waals surface area contributed by atoms with Crippen LogP contribution in [0.15, 0.2) is 4.99 Å². The fourth-order valence-corrected chi connectivity index (χ4v) is 3.44. The van der Waals surface area contributed by atoms with Crippen LogP contribution in [0.3, 0.4) is 0 Å². The van der Waals surface area contributed by atoms with Crippen LogP contribution in [0.4, 0.5) is 0 Å². The van der Waals surface area contributed by atoms with Crippen molar-refractivity contribution in [3.8, 4) is 0 Å². The third-order valence-corrected chi connectivity index (χ3v) is 5.30. The van der Waals surface area contributed by atoms with Gasteiger partial charge in [0.25, 0.3) is 0 Å².